The van der Waals surface area contributed by atoms with Crippen LogP contribution in [0, 0.1) is 13.8 Å². The maximum Gasteiger partial charge on any atom is 0.338 e. The number of anilines is 1. The van der Waals surface area contributed by atoms with Gasteiger partial charge in [0.15, 0.2) is 5.78 Å². The van der Waals surface area contributed by atoms with Gasteiger partial charge in [0.2, 0.25) is 5.95 Å². The van der Waals surface area contributed by atoms with Crippen molar-refractivity contribution in [2.75, 3.05) is 32.8 Å². The maximum absolute atomic E-state index is 13.7. The fraction of sp³-hybridized carbons (Fsp3) is 0.366. The van der Waals surface area contributed by atoms with Crippen LogP contribution >= 0.6 is 0 Å². The minimum absolute atomic E-state index is 0.0211. The monoisotopic (exact) mass is 789 g/mol. The maximum atomic E-state index is 13.7. The lowest BCUT2D eigenvalue weighted by molar-refractivity contribution is 0.0591. The SMILES string of the molecule is CCn1nc(C)cc1C(=O)Cc1nc2cc(C(=O)OC)cc3c2n1[C@@H](C/C=C\C[C@H]1COc2cc(C(=O)OC)cc4nc(NC(=O)c5cc(C)nn5CC)n1c24)CO3. The molecule has 2 atom stereocenters. The first-order chi connectivity index (χ1) is 28.0. The molecule has 0 saturated carbocycles. The van der Waals surface area contributed by atoms with Gasteiger partial charge in [0.05, 0.1) is 66.3 Å². The molecule has 58 heavy (non-hydrogen) atoms. The van der Waals surface area contributed by atoms with E-state index in [0.29, 0.717) is 88.2 Å². The molecule has 2 aromatic carbocycles. The summed E-state index contributed by atoms with van der Waals surface area (Å²) in [7, 11) is 2.63. The molecule has 0 radical (unpaired) electrons. The van der Waals surface area contributed by atoms with Crippen molar-refractivity contribution < 1.29 is 38.1 Å². The highest BCUT2D eigenvalue weighted by molar-refractivity contribution is 6.04. The molecular weight excluding hydrogens is 747 g/mol. The molecule has 6 aromatic rings. The number of carbonyl (C=O) groups is 4. The second kappa shape index (κ2) is 15.3. The summed E-state index contributed by atoms with van der Waals surface area (Å²) in [6.07, 6.45) is 5.17. The number of methoxy groups -OCH3 is 2. The van der Waals surface area contributed by atoms with Gasteiger partial charge < -0.3 is 23.5 Å². The van der Waals surface area contributed by atoms with E-state index in [2.05, 4.69) is 21.6 Å². The lowest BCUT2D eigenvalue weighted by Gasteiger charge is -2.27. The van der Waals surface area contributed by atoms with Gasteiger partial charge in [0.1, 0.15) is 53.0 Å². The van der Waals surface area contributed by atoms with E-state index >= 15 is 0 Å². The van der Waals surface area contributed by atoms with E-state index in [1.807, 2.05) is 42.9 Å². The van der Waals surface area contributed by atoms with Crippen LogP contribution in [0.4, 0.5) is 5.95 Å². The first-order valence-corrected chi connectivity index (χ1v) is 19.1. The minimum atomic E-state index is -0.530. The van der Waals surface area contributed by atoms with Crippen LogP contribution < -0.4 is 14.8 Å². The van der Waals surface area contributed by atoms with Crippen molar-refractivity contribution in [3.8, 4) is 11.5 Å². The number of carbonyl (C=O) groups excluding carboxylic acids is 4. The molecule has 8 rings (SSSR count). The van der Waals surface area contributed by atoms with Gasteiger partial charge in [-0.1, -0.05) is 12.2 Å². The third kappa shape index (κ3) is 6.75. The Morgan fingerprint density at radius 1 is 0.741 bits per heavy atom. The number of amides is 1. The van der Waals surface area contributed by atoms with Crippen molar-refractivity contribution >= 4 is 51.6 Å². The Bertz CT molecular complexity index is 2480. The summed E-state index contributed by atoms with van der Waals surface area (Å²) in [5.74, 6) is 0.277. The average Bonchev–Trinajstić information content (AvgIpc) is 4.00. The third-order valence-corrected chi connectivity index (χ3v) is 10.5. The van der Waals surface area contributed by atoms with E-state index in [0.717, 1.165) is 11.4 Å². The number of Topliss-reactive ketones (excluding diaryl/α,β-unsaturated/α-hetero) is 1. The lowest BCUT2D eigenvalue weighted by Crippen LogP contribution is -2.26. The topological polar surface area (TPSA) is 189 Å². The van der Waals surface area contributed by atoms with E-state index in [1.165, 1.54) is 14.2 Å². The molecule has 6 heterocycles. The highest BCUT2D eigenvalue weighted by atomic mass is 16.5. The fourth-order valence-corrected chi connectivity index (χ4v) is 7.84. The van der Waals surface area contributed by atoms with Gasteiger partial charge in [-0.2, -0.15) is 10.2 Å². The second-order valence-electron chi connectivity index (χ2n) is 14.3. The summed E-state index contributed by atoms with van der Waals surface area (Å²) >= 11 is 0. The number of imidazole rings is 2. The first kappa shape index (κ1) is 38.1. The van der Waals surface area contributed by atoms with Crippen molar-refractivity contribution in [3.63, 3.8) is 0 Å². The number of rotatable bonds is 13. The molecule has 0 fully saturated rings. The molecule has 0 saturated heterocycles. The number of nitrogens with zero attached hydrogens (tertiary/aromatic N) is 8. The van der Waals surface area contributed by atoms with Gasteiger partial charge in [-0.25, -0.2) is 19.6 Å². The van der Waals surface area contributed by atoms with E-state index in [4.69, 9.17) is 28.9 Å². The molecule has 17 nitrogen and oxygen atoms in total. The molecule has 2 aliphatic heterocycles. The second-order valence-corrected chi connectivity index (χ2v) is 14.3. The molecule has 300 valence electrons. The summed E-state index contributed by atoms with van der Waals surface area (Å²) in [4.78, 5) is 62.0. The van der Waals surface area contributed by atoms with E-state index < -0.39 is 11.9 Å². The van der Waals surface area contributed by atoms with Gasteiger partial charge in [0.25, 0.3) is 5.91 Å². The normalized spacial score (nSPS) is 15.8. The number of ether oxygens (including phenoxy) is 4. The molecule has 1 amide bonds. The minimum Gasteiger partial charge on any atom is -0.489 e. The van der Waals surface area contributed by atoms with Crippen molar-refractivity contribution in [2.24, 2.45) is 0 Å². The summed E-state index contributed by atoms with van der Waals surface area (Å²) in [6.45, 7) is 9.11. The van der Waals surface area contributed by atoms with Gasteiger partial charge >= 0.3 is 11.9 Å². The van der Waals surface area contributed by atoms with Crippen LogP contribution in [0.25, 0.3) is 22.1 Å². The molecule has 17 heteroatoms. The molecule has 1 N–H and O–H groups in total. The Morgan fingerprint density at radius 3 is 1.83 bits per heavy atom. The quantitative estimate of drug-likeness (QED) is 0.0869. The van der Waals surface area contributed by atoms with Crippen molar-refractivity contribution in [1.82, 2.24) is 38.7 Å². The number of nitrogens with one attached hydrogen (secondary N) is 1. The molecule has 0 unspecified atom stereocenters. The zero-order valence-corrected chi connectivity index (χ0v) is 33.1. The molecular formula is C41H43N9O8. The van der Waals surface area contributed by atoms with Crippen molar-refractivity contribution in [1.29, 1.82) is 0 Å². The zero-order chi connectivity index (χ0) is 40.8. The first-order valence-electron chi connectivity index (χ1n) is 19.1. The highest BCUT2D eigenvalue weighted by Gasteiger charge is 2.32. The van der Waals surface area contributed by atoms with E-state index in [-0.39, 0.29) is 49.0 Å². The molecule has 2 aliphatic rings. The average molecular weight is 790 g/mol. The van der Waals surface area contributed by atoms with E-state index in [1.54, 1.807) is 45.8 Å². The zero-order valence-electron chi connectivity index (χ0n) is 33.1. The van der Waals surface area contributed by atoms with Gasteiger partial charge in [0, 0.05) is 13.1 Å². The van der Waals surface area contributed by atoms with Crippen LogP contribution in [-0.2, 0) is 29.0 Å². The van der Waals surface area contributed by atoms with Crippen molar-refractivity contribution in [2.45, 2.75) is 72.1 Å². The van der Waals surface area contributed by atoms with Crippen LogP contribution in [0.15, 0.2) is 48.6 Å². The number of aryl methyl sites for hydroxylation is 4. The van der Waals surface area contributed by atoms with Crippen LogP contribution in [0.1, 0.15) is 97.7 Å². The van der Waals surface area contributed by atoms with Crippen LogP contribution in [0.5, 0.6) is 11.5 Å². The Morgan fingerprint density at radius 2 is 1.26 bits per heavy atom. The number of aromatic nitrogens is 8. The van der Waals surface area contributed by atoms with E-state index in [9.17, 15) is 19.2 Å². The Labute approximate surface area is 332 Å². The molecule has 0 bridgehead atoms. The Balaban J connectivity index is 1.09. The van der Waals surface area contributed by atoms with Crippen LogP contribution in [-0.4, -0.2) is 89.7 Å². The van der Waals surface area contributed by atoms with Gasteiger partial charge in [-0.3, -0.25) is 28.8 Å². The number of esters is 2. The van der Waals surface area contributed by atoms with Gasteiger partial charge in [-0.15, -0.1) is 0 Å². The smallest absolute Gasteiger partial charge is 0.338 e. The summed E-state index contributed by atoms with van der Waals surface area (Å²) < 4.78 is 29.7. The Hall–Kier alpha value is -6.78. The largest absolute Gasteiger partial charge is 0.489 e. The predicted octanol–water partition coefficient (Wildman–Crippen LogP) is 5.59. The highest BCUT2D eigenvalue weighted by Crippen LogP contribution is 2.40. The summed E-state index contributed by atoms with van der Waals surface area (Å²) in [6, 6.07) is 9.57. The number of benzene rings is 2. The number of hydrogen-bond donors (Lipinski definition) is 1. The number of ketones is 1. The molecule has 4 aromatic heterocycles. The summed E-state index contributed by atoms with van der Waals surface area (Å²) in [5, 5.41) is 11.9. The summed E-state index contributed by atoms with van der Waals surface area (Å²) in [5.41, 5.74) is 5.31. The standard InChI is InChI=1S/C41H43N9O8/c1-7-47-30(13-22(3)45-47)32(51)19-35-42-28-15-24(39(53)55-5)17-33-36(28)49(35)26(20-57-33)11-9-10-12-27-21-58-34-18-25(40(54)56-6)16-29-37(34)50(27)41(43-29)44-38(52)31-14-23(4)46-48(31)8-2/h9-10,13-18,26-27H,7-8,11-12,19-21H2,1-6H3,(H,43,44,52)/b10-9-/t26-,27-/m0/s1. The van der Waals surface area contributed by atoms with Crippen molar-refractivity contribution in [3.05, 3.63) is 88.3 Å². The number of hydrogen-bond acceptors (Lipinski definition) is 12. The third-order valence-electron chi connectivity index (χ3n) is 10.5. The van der Waals surface area contributed by atoms with Crippen LogP contribution in [0.3, 0.4) is 0 Å². The lowest BCUT2D eigenvalue weighted by atomic mass is 10.1. The van der Waals surface area contributed by atoms with Gasteiger partial charge in [-0.05, 0) is 76.9 Å². The molecule has 0 aliphatic carbocycles. The van der Waals surface area contributed by atoms with Crippen LogP contribution in [0.2, 0.25) is 0 Å². The number of allylic oxidation sites excluding steroid dienone is 2. The predicted molar refractivity (Wildman–Crippen MR) is 211 cm³/mol. The fourth-order valence-electron chi connectivity index (χ4n) is 7.84. The Kier molecular flexibility index (Phi) is 10.0. The molecule has 0 spiro atoms.